The van der Waals surface area contributed by atoms with Gasteiger partial charge < -0.3 is 4.98 Å². The first-order chi connectivity index (χ1) is 7.43. The highest BCUT2D eigenvalue weighted by molar-refractivity contribution is 5.84. The Morgan fingerprint density at radius 2 is 1.60 bits per heavy atom. The molecule has 1 heteroatoms. The summed E-state index contributed by atoms with van der Waals surface area (Å²) < 4.78 is 0. The number of aromatic nitrogens is 1. The molecular weight excluding hydrogens is 182 g/mol. The summed E-state index contributed by atoms with van der Waals surface area (Å²) in [5, 5.41) is 1.26. The van der Waals surface area contributed by atoms with E-state index in [2.05, 4.69) is 53.5 Å². The van der Waals surface area contributed by atoms with Crippen LogP contribution in [0.5, 0.6) is 0 Å². The lowest BCUT2D eigenvalue weighted by Crippen LogP contribution is -1.76. The van der Waals surface area contributed by atoms with Gasteiger partial charge in [-0.1, -0.05) is 42.5 Å². The summed E-state index contributed by atoms with van der Waals surface area (Å²) in [5.41, 5.74) is 3.70. The molecule has 2 aromatic carbocycles. The Hall–Kier alpha value is -2.02. The fraction of sp³-hybridized carbons (Fsp3) is 0. The summed E-state index contributed by atoms with van der Waals surface area (Å²) in [7, 11) is 0. The van der Waals surface area contributed by atoms with Crippen molar-refractivity contribution in [3.63, 3.8) is 0 Å². The molecule has 0 unspecified atom stereocenters. The van der Waals surface area contributed by atoms with Gasteiger partial charge in [-0.15, -0.1) is 0 Å². The molecular formula is C14H11N. The van der Waals surface area contributed by atoms with Crippen LogP contribution in [0.15, 0.2) is 60.8 Å². The lowest BCUT2D eigenvalue weighted by atomic mass is 10.0. The van der Waals surface area contributed by atoms with E-state index in [9.17, 15) is 0 Å². The summed E-state index contributed by atoms with van der Waals surface area (Å²) in [6, 6.07) is 19.0. The number of rotatable bonds is 1. The van der Waals surface area contributed by atoms with Gasteiger partial charge in [0, 0.05) is 11.7 Å². The molecule has 0 aliphatic carbocycles. The molecule has 0 fully saturated rings. The first kappa shape index (κ1) is 8.30. The van der Waals surface area contributed by atoms with Gasteiger partial charge in [-0.05, 0) is 28.6 Å². The van der Waals surface area contributed by atoms with Crippen LogP contribution in [0.4, 0.5) is 0 Å². The van der Waals surface area contributed by atoms with Crippen molar-refractivity contribution < 1.29 is 0 Å². The minimum atomic E-state index is 1.19. The maximum atomic E-state index is 3.23. The molecule has 1 heterocycles. The zero-order valence-electron chi connectivity index (χ0n) is 8.27. The summed E-state index contributed by atoms with van der Waals surface area (Å²) in [5.74, 6) is 0. The Labute approximate surface area is 88.4 Å². The van der Waals surface area contributed by atoms with Gasteiger partial charge in [0.25, 0.3) is 0 Å². The van der Waals surface area contributed by atoms with E-state index < -0.39 is 0 Å². The van der Waals surface area contributed by atoms with E-state index in [1.54, 1.807) is 0 Å². The van der Waals surface area contributed by atoms with E-state index in [-0.39, 0.29) is 0 Å². The monoisotopic (exact) mass is 193 g/mol. The molecule has 0 spiro atoms. The number of benzene rings is 2. The summed E-state index contributed by atoms with van der Waals surface area (Å²) in [6.45, 7) is 0. The molecule has 1 nitrogen and oxygen atoms in total. The standard InChI is InChI=1S/C14H11N/c1-2-4-11(5-3-1)13-7-6-12-8-9-15-14(12)10-13/h1-10,15H. The quantitative estimate of drug-likeness (QED) is 0.604. The Bertz CT molecular complexity index is 578. The zero-order chi connectivity index (χ0) is 10.1. The van der Waals surface area contributed by atoms with Crippen LogP contribution in [0.25, 0.3) is 22.0 Å². The van der Waals surface area contributed by atoms with Crippen LogP contribution in [-0.4, -0.2) is 4.98 Å². The van der Waals surface area contributed by atoms with Crippen LogP contribution in [0.3, 0.4) is 0 Å². The number of H-pyrrole nitrogens is 1. The van der Waals surface area contributed by atoms with Crippen molar-refractivity contribution in [1.29, 1.82) is 0 Å². The molecule has 72 valence electrons. The summed E-state index contributed by atoms with van der Waals surface area (Å²) in [6.07, 6.45) is 1.97. The first-order valence-electron chi connectivity index (χ1n) is 5.06. The fourth-order valence-electron chi connectivity index (χ4n) is 1.86. The van der Waals surface area contributed by atoms with E-state index in [0.29, 0.717) is 0 Å². The van der Waals surface area contributed by atoms with Crippen LogP contribution in [0, 0.1) is 0 Å². The summed E-state index contributed by atoms with van der Waals surface area (Å²) in [4.78, 5) is 3.23. The Morgan fingerprint density at radius 3 is 2.47 bits per heavy atom. The molecule has 0 radical (unpaired) electrons. The van der Waals surface area contributed by atoms with Crippen LogP contribution in [0.1, 0.15) is 0 Å². The van der Waals surface area contributed by atoms with Crippen molar-refractivity contribution in [3.05, 3.63) is 60.8 Å². The molecule has 0 atom stereocenters. The van der Waals surface area contributed by atoms with Crippen LogP contribution in [0.2, 0.25) is 0 Å². The number of nitrogens with one attached hydrogen (secondary N) is 1. The molecule has 1 aromatic heterocycles. The van der Waals surface area contributed by atoms with Gasteiger partial charge in [-0.2, -0.15) is 0 Å². The predicted molar refractivity (Wildman–Crippen MR) is 63.7 cm³/mol. The molecule has 0 saturated heterocycles. The summed E-state index contributed by atoms with van der Waals surface area (Å²) >= 11 is 0. The molecule has 3 rings (SSSR count). The molecule has 0 aliphatic heterocycles. The smallest absolute Gasteiger partial charge is 0.0460 e. The molecule has 0 aliphatic rings. The van der Waals surface area contributed by atoms with Crippen molar-refractivity contribution in [3.8, 4) is 11.1 Å². The van der Waals surface area contributed by atoms with Crippen molar-refractivity contribution in [2.75, 3.05) is 0 Å². The van der Waals surface area contributed by atoms with Crippen LogP contribution in [-0.2, 0) is 0 Å². The van der Waals surface area contributed by atoms with E-state index in [1.165, 1.54) is 22.0 Å². The highest BCUT2D eigenvalue weighted by Crippen LogP contribution is 2.23. The second-order valence-corrected chi connectivity index (χ2v) is 3.65. The Kier molecular flexibility index (Phi) is 1.82. The van der Waals surface area contributed by atoms with Crippen molar-refractivity contribution >= 4 is 10.9 Å². The minimum Gasteiger partial charge on any atom is -0.361 e. The van der Waals surface area contributed by atoms with Gasteiger partial charge in [-0.25, -0.2) is 0 Å². The predicted octanol–water partition coefficient (Wildman–Crippen LogP) is 3.83. The van der Waals surface area contributed by atoms with Gasteiger partial charge in [0.2, 0.25) is 0 Å². The van der Waals surface area contributed by atoms with Gasteiger partial charge in [-0.3, -0.25) is 0 Å². The molecule has 0 bridgehead atoms. The molecule has 3 aromatic rings. The Balaban J connectivity index is 2.19. The van der Waals surface area contributed by atoms with Crippen LogP contribution < -0.4 is 0 Å². The molecule has 0 amide bonds. The van der Waals surface area contributed by atoms with Crippen molar-refractivity contribution in [1.82, 2.24) is 4.98 Å². The second-order valence-electron chi connectivity index (χ2n) is 3.65. The normalized spacial score (nSPS) is 10.7. The topological polar surface area (TPSA) is 15.8 Å². The van der Waals surface area contributed by atoms with Gasteiger partial charge in [0.1, 0.15) is 0 Å². The van der Waals surface area contributed by atoms with E-state index in [0.717, 1.165) is 0 Å². The van der Waals surface area contributed by atoms with Gasteiger partial charge in [0.15, 0.2) is 0 Å². The largest absolute Gasteiger partial charge is 0.361 e. The molecule has 15 heavy (non-hydrogen) atoms. The lowest BCUT2D eigenvalue weighted by molar-refractivity contribution is 1.48. The number of hydrogen-bond donors (Lipinski definition) is 1. The molecule has 1 N–H and O–H groups in total. The zero-order valence-corrected chi connectivity index (χ0v) is 8.27. The highest BCUT2D eigenvalue weighted by Gasteiger charge is 1.98. The third-order valence-electron chi connectivity index (χ3n) is 2.66. The number of fused-ring (bicyclic) bond motifs is 1. The Morgan fingerprint density at radius 1 is 0.733 bits per heavy atom. The number of hydrogen-bond acceptors (Lipinski definition) is 0. The fourth-order valence-corrected chi connectivity index (χ4v) is 1.86. The maximum Gasteiger partial charge on any atom is 0.0460 e. The second kappa shape index (κ2) is 3.28. The first-order valence-corrected chi connectivity index (χ1v) is 5.06. The average Bonchev–Trinajstić information content (AvgIpc) is 2.77. The van der Waals surface area contributed by atoms with Crippen LogP contribution >= 0.6 is 0 Å². The van der Waals surface area contributed by atoms with Crippen molar-refractivity contribution in [2.24, 2.45) is 0 Å². The SMILES string of the molecule is c1ccc(-c2ccc3cc[nH]c3c2)cc1. The highest BCUT2D eigenvalue weighted by atomic mass is 14.7. The third kappa shape index (κ3) is 1.42. The van der Waals surface area contributed by atoms with Gasteiger partial charge >= 0.3 is 0 Å². The average molecular weight is 193 g/mol. The van der Waals surface area contributed by atoms with Crippen molar-refractivity contribution in [2.45, 2.75) is 0 Å². The number of aromatic amines is 1. The van der Waals surface area contributed by atoms with Gasteiger partial charge in [0.05, 0.1) is 0 Å². The minimum absolute atomic E-state index is 1.19. The molecule has 0 saturated carbocycles. The third-order valence-corrected chi connectivity index (χ3v) is 2.66. The lowest BCUT2D eigenvalue weighted by Gasteiger charge is -2.01. The van der Waals surface area contributed by atoms with E-state index in [1.807, 2.05) is 12.3 Å². The van der Waals surface area contributed by atoms with E-state index in [4.69, 9.17) is 0 Å². The maximum absolute atomic E-state index is 3.23. The van der Waals surface area contributed by atoms with E-state index >= 15 is 0 Å².